The van der Waals surface area contributed by atoms with Crippen LogP contribution in [0.3, 0.4) is 0 Å². The van der Waals surface area contributed by atoms with E-state index >= 15 is 0 Å². The molecule has 6 heteroatoms. The third-order valence-corrected chi connectivity index (χ3v) is 6.09. The Kier molecular flexibility index (Phi) is 5.72. The number of hydrogen-bond donors (Lipinski definition) is 0. The molecule has 21 heavy (non-hydrogen) atoms. The van der Waals surface area contributed by atoms with Gasteiger partial charge < -0.3 is 4.74 Å². The molecule has 0 bridgehead atoms. The van der Waals surface area contributed by atoms with Gasteiger partial charge in [0.2, 0.25) is 10.0 Å². The maximum absolute atomic E-state index is 12.5. The molecule has 2 rings (SSSR count). The smallest absolute Gasteiger partial charge is 0.214 e. The lowest BCUT2D eigenvalue weighted by Crippen LogP contribution is -2.44. The quantitative estimate of drug-likeness (QED) is 0.808. The molecule has 0 N–H and O–H groups in total. The minimum Gasteiger partial charge on any atom is -0.371 e. The van der Waals surface area contributed by atoms with E-state index in [1.54, 1.807) is 16.7 Å². The molecule has 1 aliphatic rings. The summed E-state index contributed by atoms with van der Waals surface area (Å²) < 4.78 is 32.4. The van der Waals surface area contributed by atoms with Crippen molar-refractivity contribution < 1.29 is 13.2 Å². The number of ether oxygens (including phenoxy) is 1. The molecule has 0 aromatic carbocycles. The van der Waals surface area contributed by atoms with Gasteiger partial charge in [-0.15, -0.1) is 0 Å². The zero-order valence-electron chi connectivity index (χ0n) is 12.7. The van der Waals surface area contributed by atoms with Crippen molar-refractivity contribution in [3.63, 3.8) is 0 Å². The van der Waals surface area contributed by atoms with Crippen LogP contribution in [0.4, 0.5) is 0 Å². The molecular weight excluding hydrogens is 288 g/mol. The number of aromatic nitrogens is 1. The fourth-order valence-electron chi connectivity index (χ4n) is 2.57. The Hall–Kier alpha value is -0.980. The summed E-state index contributed by atoms with van der Waals surface area (Å²) in [7, 11) is -3.21. The number of rotatable bonds is 6. The average molecular weight is 312 g/mol. The number of hydrogen-bond acceptors (Lipinski definition) is 4. The van der Waals surface area contributed by atoms with E-state index in [1.807, 2.05) is 26.0 Å². The highest BCUT2D eigenvalue weighted by Crippen LogP contribution is 2.24. The second-order valence-electron chi connectivity index (χ2n) is 5.46. The fourth-order valence-corrected chi connectivity index (χ4v) is 4.57. The van der Waals surface area contributed by atoms with Crippen LogP contribution < -0.4 is 0 Å². The van der Waals surface area contributed by atoms with E-state index in [0.717, 1.165) is 18.4 Å². The molecule has 1 aliphatic heterocycles. The van der Waals surface area contributed by atoms with Gasteiger partial charge in [-0.25, -0.2) is 8.42 Å². The van der Waals surface area contributed by atoms with Gasteiger partial charge >= 0.3 is 0 Å². The van der Waals surface area contributed by atoms with E-state index in [-0.39, 0.29) is 17.8 Å². The Morgan fingerprint density at radius 2 is 2.19 bits per heavy atom. The van der Waals surface area contributed by atoms with Crippen LogP contribution in [-0.4, -0.2) is 43.2 Å². The van der Waals surface area contributed by atoms with E-state index in [4.69, 9.17) is 4.74 Å². The average Bonchev–Trinajstić information content (AvgIpc) is 2.53. The molecule has 0 aliphatic carbocycles. The van der Waals surface area contributed by atoms with Gasteiger partial charge in [-0.3, -0.25) is 4.98 Å². The predicted molar refractivity (Wildman–Crippen MR) is 82.4 cm³/mol. The van der Waals surface area contributed by atoms with E-state index in [1.165, 1.54) is 0 Å². The summed E-state index contributed by atoms with van der Waals surface area (Å²) in [6.45, 7) is 5.35. The first-order valence-corrected chi connectivity index (χ1v) is 9.17. The summed E-state index contributed by atoms with van der Waals surface area (Å²) in [5, 5.41) is 0. The van der Waals surface area contributed by atoms with Gasteiger partial charge in [0.25, 0.3) is 0 Å². The second-order valence-corrected chi connectivity index (χ2v) is 7.48. The standard InChI is InChI=1S/C15H24N2O3S/c1-3-13(4-2)12-21(18,19)17-8-9-20-15(11-17)14-6-5-7-16-10-14/h5-7,10,13,15H,3-4,8-9,11-12H2,1-2H3. The summed E-state index contributed by atoms with van der Waals surface area (Å²) in [5.41, 5.74) is 0.930. The second kappa shape index (κ2) is 7.33. The molecule has 1 unspecified atom stereocenters. The predicted octanol–water partition coefficient (Wildman–Crippen LogP) is 2.22. The van der Waals surface area contributed by atoms with Gasteiger partial charge in [0.05, 0.1) is 18.5 Å². The van der Waals surface area contributed by atoms with Gasteiger partial charge in [-0.1, -0.05) is 32.8 Å². The maximum atomic E-state index is 12.5. The summed E-state index contributed by atoms with van der Waals surface area (Å²) in [4.78, 5) is 4.07. The molecule has 0 radical (unpaired) electrons. The Morgan fingerprint density at radius 3 is 2.81 bits per heavy atom. The fraction of sp³-hybridized carbons (Fsp3) is 0.667. The van der Waals surface area contributed by atoms with Gasteiger partial charge in [-0.2, -0.15) is 4.31 Å². The third-order valence-electron chi connectivity index (χ3n) is 4.08. The maximum Gasteiger partial charge on any atom is 0.214 e. The summed E-state index contributed by atoms with van der Waals surface area (Å²) in [5.74, 6) is 0.467. The van der Waals surface area contributed by atoms with Gasteiger partial charge in [0, 0.05) is 31.0 Å². The monoisotopic (exact) mass is 312 g/mol. The van der Waals surface area contributed by atoms with E-state index in [9.17, 15) is 8.42 Å². The lowest BCUT2D eigenvalue weighted by atomic mass is 10.1. The summed E-state index contributed by atoms with van der Waals surface area (Å²) in [6, 6.07) is 3.77. The lowest BCUT2D eigenvalue weighted by Gasteiger charge is -2.33. The molecule has 0 amide bonds. The van der Waals surface area contributed by atoms with Crippen molar-refractivity contribution in [2.75, 3.05) is 25.4 Å². The van der Waals surface area contributed by atoms with Crippen molar-refractivity contribution in [3.8, 4) is 0 Å². The topological polar surface area (TPSA) is 59.5 Å². The molecule has 118 valence electrons. The molecular formula is C15H24N2O3S. The van der Waals surface area contributed by atoms with Crippen LogP contribution in [0.1, 0.15) is 38.4 Å². The number of pyridine rings is 1. The highest BCUT2D eigenvalue weighted by Gasteiger charge is 2.31. The van der Waals surface area contributed by atoms with Gasteiger partial charge in [0.1, 0.15) is 0 Å². The summed E-state index contributed by atoms with van der Waals surface area (Å²) >= 11 is 0. The Morgan fingerprint density at radius 1 is 1.43 bits per heavy atom. The van der Waals surface area contributed by atoms with E-state index in [0.29, 0.717) is 19.7 Å². The Balaban J connectivity index is 2.06. The van der Waals surface area contributed by atoms with Crippen LogP contribution in [-0.2, 0) is 14.8 Å². The largest absolute Gasteiger partial charge is 0.371 e. The third kappa shape index (κ3) is 4.25. The van der Waals surface area contributed by atoms with Crippen LogP contribution in [0.15, 0.2) is 24.5 Å². The normalized spacial score (nSPS) is 20.8. The highest BCUT2D eigenvalue weighted by atomic mass is 32.2. The Labute approximate surface area is 127 Å². The summed E-state index contributed by atoms with van der Waals surface area (Å²) in [6.07, 6.45) is 5.01. The molecule has 1 saturated heterocycles. The lowest BCUT2D eigenvalue weighted by molar-refractivity contribution is -0.00283. The van der Waals surface area contributed by atoms with E-state index in [2.05, 4.69) is 4.98 Å². The first-order chi connectivity index (χ1) is 10.1. The minimum absolute atomic E-state index is 0.219. The molecule has 2 heterocycles. The van der Waals surface area contributed by atoms with Crippen molar-refractivity contribution in [1.29, 1.82) is 0 Å². The van der Waals surface area contributed by atoms with Crippen molar-refractivity contribution in [2.24, 2.45) is 5.92 Å². The molecule has 1 aromatic rings. The minimum atomic E-state index is -3.21. The molecule has 1 aromatic heterocycles. The Bertz CT molecular complexity index is 529. The first-order valence-electron chi connectivity index (χ1n) is 7.56. The van der Waals surface area contributed by atoms with Crippen LogP contribution >= 0.6 is 0 Å². The van der Waals surface area contributed by atoms with Crippen molar-refractivity contribution in [3.05, 3.63) is 30.1 Å². The molecule has 1 atom stereocenters. The number of nitrogens with zero attached hydrogens (tertiary/aromatic N) is 2. The molecule has 5 nitrogen and oxygen atoms in total. The van der Waals surface area contributed by atoms with Crippen molar-refractivity contribution in [1.82, 2.24) is 9.29 Å². The van der Waals surface area contributed by atoms with Crippen LogP contribution in [0.25, 0.3) is 0 Å². The van der Waals surface area contributed by atoms with Crippen LogP contribution in [0.5, 0.6) is 0 Å². The van der Waals surface area contributed by atoms with Gasteiger partial charge in [-0.05, 0) is 12.0 Å². The highest BCUT2D eigenvalue weighted by molar-refractivity contribution is 7.89. The SMILES string of the molecule is CCC(CC)CS(=O)(=O)N1CCOC(c2cccnc2)C1. The van der Waals surface area contributed by atoms with Crippen molar-refractivity contribution in [2.45, 2.75) is 32.8 Å². The molecule has 0 saturated carbocycles. The first kappa shape index (κ1) is 16.4. The van der Waals surface area contributed by atoms with Crippen molar-refractivity contribution >= 4 is 10.0 Å². The van der Waals surface area contributed by atoms with Crippen LogP contribution in [0, 0.1) is 5.92 Å². The zero-order chi connectivity index (χ0) is 15.3. The zero-order valence-corrected chi connectivity index (χ0v) is 13.6. The number of morpholine rings is 1. The van der Waals surface area contributed by atoms with Crippen LogP contribution in [0.2, 0.25) is 0 Å². The molecule has 0 spiro atoms. The molecule has 1 fully saturated rings. The van der Waals surface area contributed by atoms with E-state index < -0.39 is 10.0 Å². The van der Waals surface area contributed by atoms with Gasteiger partial charge in [0.15, 0.2) is 0 Å². The number of sulfonamides is 1.